The number of hydrogen-bond acceptors (Lipinski definition) is 3. The summed E-state index contributed by atoms with van der Waals surface area (Å²) >= 11 is 12.2. The third kappa shape index (κ3) is 2.22. The SMILES string of the molecule is CC1C=Cc2nc(N)nn2C1c1cc(Cl)cc(Cl)c1. The fraction of sp³-hybridized carbons (Fsp3) is 0.231. The van der Waals surface area contributed by atoms with Crippen molar-refractivity contribution >= 4 is 35.2 Å². The van der Waals surface area contributed by atoms with E-state index >= 15 is 0 Å². The highest BCUT2D eigenvalue weighted by atomic mass is 35.5. The van der Waals surface area contributed by atoms with Crippen molar-refractivity contribution in [3.05, 3.63) is 45.7 Å². The first-order valence-corrected chi connectivity index (χ1v) is 6.66. The van der Waals surface area contributed by atoms with Crippen molar-refractivity contribution < 1.29 is 0 Å². The van der Waals surface area contributed by atoms with E-state index in [1.165, 1.54) is 0 Å². The Kier molecular flexibility index (Phi) is 2.99. The van der Waals surface area contributed by atoms with Crippen LogP contribution in [0.4, 0.5) is 5.95 Å². The lowest BCUT2D eigenvalue weighted by Crippen LogP contribution is -2.22. The minimum atomic E-state index is 0.000926. The Balaban J connectivity index is 2.15. The van der Waals surface area contributed by atoms with Crippen LogP contribution in [-0.2, 0) is 0 Å². The van der Waals surface area contributed by atoms with Crippen molar-refractivity contribution in [2.75, 3.05) is 5.73 Å². The zero-order valence-electron chi connectivity index (χ0n) is 10.2. The van der Waals surface area contributed by atoms with E-state index in [-0.39, 0.29) is 17.9 Å². The summed E-state index contributed by atoms with van der Waals surface area (Å²) in [5.74, 6) is 1.27. The molecule has 0 saturated carbocycles. The summed E-state index contributed by atoms with van der Waals surface area (Å²) < 4.78 is 1.82. The van der Waals surface area contributed by atoms with Crippen molar-refractivity contribution in [3.8, 4) is 0 Å². The first-order valence-electron chi connectivity index (χ1n) is 5.91. The molecule has 6 heteroatoms. The summed E-state index contributed by atoms with van der Waals surface area (Å²) in [7, 11) is 0. The third-order valence-corrected chi connectivity index (χ3v) is 3.65. The van der Waals surface area contributed by atoms with Gasteiger partial charge in [-0.1, -0.05) is 36.2 Å². The second kappa shape index (κ2) is 4.54. The van der Waals surface area contributed by atoms with Crippen LogP contribution in [-0.4, -0.2) is 14.8 Å². The molecule has 1 aliphatic heterocycles. The Morgan fingerprint density at radius 3 is 2.58 bits per heavy atom. The Morgan fingerprint density at radius 1 is 1.21 bits per heavy atom. The van der Waals surface area contributed by atoms with Crippen molar-refractivity contribution in [2.24, 2.45) is 5.92 Å². The van der Waals surface area contributed by atoms with Gasteiger partial charge < -0.3 is 5.73 Å². The van der Waals surface area contributed by atoms with Gasteiger partial charge in [0.1, 0.15) is 0 Å². The molecule has 0 amide bonds. The molecule has 2 unspecified atom stereocenters. The van der Waals surface area contributed by atoms with Crippen LogP contribution in [0.1, 0.15) is 24.4 Å². The van der Waals surface area contributed by atoms with E-state index in [4.69, 9.17) is 28.9 Å². The lowest BCUT2D eigenvalue weighted by atomic mass is 9.92. The summed E-state index contributed by atoms with van der Waals surface area (Å²) in [6, 6.07) is 5.51. The molecule has 0 fully saturated rings. The quantitative estimate of drug-likeness (QED) is 0.877. The number of nitrogens with zero attached hydrogens (tertiary/aromatic N) is 3. The molecule has 19 heavy (non-hydrogen) atoms. The van der Waals surface area contributed by atoms with E-state index in [2.05, 4.69) is 23.1 Å². The van der Waals surface area contributed by atoms with Crippen LogP contribution in [0.25, 0.3) is 6.08 Å². The predicted octanol–water partition coefficient (Wildman–Crippen LogP) is 3.42. The Hall–Kier alpha value is -1.52. The highest BCUT2D eigenvalue weighted by Crippen LogP contribution is 2.35. The number of hydrogen-bond donors (Lipinski definition) is 1. The van der Waals surface area contributed by atoms with Crippen molar-refractivity contribution in [1.29, 1.82) is 0 Å². The maximum atomic E-state index is 6.08. The van der Waals surface area contributed by atoms with Crippen molar-refractivity contribution in [2.45, 2.75) is 13.0 Å². The molecule has 0 spiro atoms. The Morgan fingerprint density at radius 2 is 1.89 bits per heavy atom. The predicted molar refractivity (Wildman–Crippen MR) is 77.2 cm³/mol. The molecule has 1 aliphatic rings. The zero-order valence-corrected chi connectivity index (χ0v) is 11.7. The van der Waals surface area contributed by atoms with E-state index in [1.807, 2.05) is 22.9 Å². The standard InChI is InChI=1S/C13H12Cl2N4/c1-7-2-3-11-17-13(16)18-19(11)12(7)8-4-9(14)6-10(15)5-8/h2-7,12H,1H3,(H2,16,18). The van der Waals surface area contributed by atoms with Gasteiger partial charge in [-0.25, -0.2) is 4.68 Å². The van der Waals surface area contributed by atoms with E-state index in [9.17, 15) is 0 Å². The molecule has 2 heterocycles. The van der Waals surface area contributed by atoms with E-state index < -0.39 is 0 Å². The molecule has 1 aromatic heterocycles. The lowest BCUT2D eigenvalue weighted by Gasteiger charge is -2.26. The van der Waals surface area contributed by atoms with E-state index in [1.54, 1.807) is 6.07 Å². The molecular formula is C13H12Cl2N4. The maximum Gasteiger partial charge on any atom is 0.240 e. The van der Waals surface area contributed by atoms with Gasteiger partial charge in [0.05, 0.1) is 6.04 Å². The maximum absolute atomic E-state index is 6.08. The Labute approximate surface area is 120 Å². The largest absolute Gasteiger partial charge is 0.366 e. The lowest BCUT2D eigenvalue weighted by molar-refractivity contribution is 0.423. The summed E-state index contributed by atoms with van der Waals surface area (Å²) in [4.78, 5) is 4.18. The molecule has 98 valence electrons. The van der Waals surface area contributed by atoms with Gasteiger partial charge in [-0.3, -0.25) is 0 Å². The van der Waals surface area contributed by atoms with E-state index in [0.717, 1.165) is 11.4 Å². The average molecular weight is 295 g/mol. The molecule has 0 radical (unpaired) electrons. The normalized spacial score (nSPS) is 21.4. The minimum Gasteiger partial charge on any atom is -0.366 e. The number of aromatic nitrogens is 3. The first-order chi connectivity index (χ1) is 9.04. The first kappa shape index (κ1) is 12.5. The van der Waals surface area contributed by atoms with Gasteiger partial charge in [0.25, 0.3) is 0 Å². The number of rotatable bonds is 1. The van der Waals surface area contributed by atoms with Gasteiger partial charge in [0, 0.05) is 16.0 Å². The number of benzene rings is 1. The van der Waals surface area contributed by atoms with Crippen LogP contribution in [0.3, 0.4) is 0 Å². The van der Waals surface area contributed by atoms with Gasteiger partial charge >= 0.3 is 0 Å². The monoisotopic (exact) mass is 294 g/mol. The van der Waals surface area contributed by atoms with Gasteiger partial charge in [0.2, 0.25) is 5.95 Å². The summed E-state index contributed by atoms with van der Waals surface area (Å²) in [6.45, 7) is 2.11. The Bertz CT molecular complexity index is 642. The molecule has 1 aromatic carbocycles. The molecule has 3 rings (SSSR count). The highest BCUT2D eigenvalue weighted by molar-refractivity contribution is 6.34. The summed E-state index contributed by atoms with van der Waals surface area (Å²) in [6.07, 6.45) is 4.01. The number of nitrogen functional groups attached to an aromatic ring is 1. The number of halogens is 2. The van der Waals surface area contributed by atoms with Crippen LogP contribution in [0.2, 0.25) is 10.0 Å². The second-order valence-electron chi connectivity index (χ2n) is 4.64. The molecule has 0 aliphatic carbocycles. The van der Waals surface area contributed by atoms with Crippen LogP contribution in [0, 0.1) is 5.92 Å². The number of allylic oxidation sites excluding steroid dienone is 1. The molecule has 2 atom stereocenters. The third-order valence-electron chi connectivity index (χ3n) is 3.21. The minimum absolute atomic E-state index is 0.000926. The van der Waals surface area contributed by atoms with Gasteiger partial charge in [-0.05, 0) is 29.8 Å². The van der Waals surface area contributed by atoms with Crippen molar-refractivity contribution in [3.63, 3.8) is 0 Å². The molecule has 2 aromatic rings. The molecular weight excluding hydrogens is 283 g/mol. The highest BCUT2D eigenvalue weighted by Gasteiger charge is 2.27. The molecule has 4 nitrogen and oxygen atoms in total. The van der Waals surface area contributed by atoms with Crippen LogP contribution in [0.5, 0.6) is 0 Å². The topological polar surface area (TPSA) is 56.7 Å². The summed E-state index contributed by atoms with van der Waals surface area (Å²) in [5, 5.41) is 5.48. The summed E-state index contributed by atoms with van der Waals surface area (Å²) in [5.41, 5.74) is 6.68. The fourth-order valence-corrected chi connectivity index (χ4v) is 2.97. The van der Waals surface area contributed by atoms with E-state index in [0.29, 0.717) is 10.0 Å². The second-order valence-corrected chi connectivity index (χ2v) is 5.51. The van der Waals surface area contributed by atoms with Crippen LogP contribution in [0.15, 0.2) is 24.3 Å². The fourth-order valence-electron chi connectivity index (χ4n) is 2.43. The zero-order chi connectivity index (χ0) is 13.6. The number of anilines is 1. The number of fused-ring (bicyclic) bond motifs is 1. The average Bonchev–Trinajstić information content (AvgIpc) is 2.67. The van der Waals surface area contributed by atoms with Crippen molar-refractivity contribution in [1.82, 2.24) is 14.8 Å². The van der Waals surface area contributed by atoms with Crippen LogP contribution < -0.4 is 5.73 Å². The molecule has 0 saturated heterocycles. The van der Waals surface area contributed by atoms with Gasteiger partial charge in [-0.2, -0.15) is 4.98 Å². The smallest absolute Gasteiger partial charge is 0.240 e. The molecule has 0 bridgehead atoms. The van der Waals surface area contributed by atoms with Crippen LogP contribution >= 0.6 is 23.2 Å². The van der Waals surface area contributed by atoms with Gasteiger partial charge in [0.15, 0.2) is 5.82 Å². The molecule has 2 N–H and O–H groups in total. The number of nitrogens with two attached hydrogens (primary N) is 1. The van der Waals surface area contributed by atoms with Gasteiger partial charge in [-0.15, -0.1) is 5.10 Å².